The lowest BCUT2D eigenvalue weighted by molar-refractivity contribution is 0.192. The minimum Gasteiger partial charge on any atom is -0.396 e. The molecule has 0 amide bonds. The largest absolute Gasteiger partial charge is 0.396 e. The van der Waals surface area contributed by atoms with Gasteiger partial charge in [0.1, 0.15) is 0 Å². The van der Waals surface area contributed by atoms with Crippen LogP contribution in [0, 0.1) is 17.2 Å². The highest BCUT2D eigenvalue weighted by Crippen LogP contribution is 2.43. The average molecular weight is 244 g/mol. The summed E-state index contributed by atoms with van der Waals surface area (Å²) in [4.78, 5) is 0. The number of nitriles is 1. The lowest BCUT2D eigenvalue weighted by Gasteiger charge is -2.43. The van der Waals surface area contributed by atoms with Crippen LogP contribution in [0.4, 0.5) is 0 Å². The van der Waals surface area contributed by atoms with Crippen LogP contribution in [0.25, 0.3) is 0 Å². The fourth-order valence-electron chi connectivity index (χ4n) is 2.51. The maximum Gasteiger partial charge on any atom is 0.0852 e. The molecular formula is C15H20N2O. The van der Waals surface area contributed by atoms with E-state index in [1.807, 2.05) is 37.3 Å². The van der Waals surface area contributed by atoms with Crippen molar-refractivity contribution in [2.75, 3.05) is 13.2 Å². The van der Waals surface area contributed by atoms with Gasteiger partial charge in [-0.05, 0) is 24.3 Å². The van der Waals surface area contributed by atoms with Gasteiger partial charge in [0.05, 0.1) is 11.5 Å². The predicted molar refractivity (Wildman–Crippen MR) is 71.0 cm³/mol. The van der Waals surface area contributed by atoms with E-state index in [9.17, 15) is 5.26 Å². The van der Waals surface area contributed by atoms with Gasteiger partial charge >= 0.3 is 0 Å². The Hall–Kier alpha value is -1.37. The van der Waals surface area contributed by atoms with Gasteiger partial charge in [-0.25, -0.2) is 0 Å². The molecule has 0 aliphatic heterocycles. The summed E-state index contributed by atoms with van der Waals surface area (Å²) < 4.78 is 0. The zero-order valence-electron chi connectivity index (χ0n) is 10.8. The van der Waals surface area contributed by atoms with Gasteiger partial charge in [0.15, 0.2) is 0 Å². The van der Waals surface area contributed by atoms with E-state index in [0.29, 0.717) is 6.04 Å². The maximum atomic E-state index is 9.41. The highest BCUT2D eigenvalue weighted by molar-refractivity contribution is 5.36. The molecule has 0 spiro atoms. The van der Waals surface area contributed by atoms with Crippen molar-refractivity contribution >= 4 is 0 Å². The van der Waals surface area contributed by atoms with Gasteiger partial charge in [-0.3, -0.25) is 0 Å². The van der Waals surface area contributed by atoms with Crippen LogP contribution < -0.4 is 5.32 Å². The van der Waals surface area contributed by atoms with Crippen LogP contribution in [0.5, 0.6) is 0 Å². The molecule has 1 atom stereocenters. The van der Waals surface area contributed by atoms with E-state index in [1.54, 1.807) is 0 Å². The molecule has 18 heavy (non-hydrogen) atoms. The second-order valence-corrected chi connectivity index (χ2v) is 5.36. The van der Waals surface area contributed by atoms with Crippen LogP contribution in [-0.4, -0.2) is 24.3 Å². The van der Waals surface area contributed by atoms with E-state index in [1.165, 1.54) is 0 Å². The van der Waals surface area contributed by atoms with Crippen LogP contribution in [0.3, 0.4) is 0 Å². The molecule has 1 aromatic carbocycles. The number of benzene rings is 1. The number of nitrogens with one attached hydrogen (secondary N) is 1. The van der Waals surface area contributed by atoms with Gasteiger partial charge < -0.3 is 10.4 Å². The van der Waals surface area contributed by atoms with E-state index in [2.05, 4.69) is 11.4 Å². The Kier molecular flexibility index (Phi) is 4.00. The number of nitrogens with zero attached hydrogens (tertiary/aromatic N) is 1. The number of aliphatic hydroxyl groups is 1. The van der Waals surface area contributed by atoms with Crippen molar-refractivity contribution < 1.29 is 5.11 Å². The molecule has 3 nitrogen and oxygen atoms in total. The summed E-state index contributed by atoms with van der Waals surface area (Å²) in [6, 6.07) is 12.9. The molecule has 1 saturated carbocycles. The van der Waals surface area contributed by atoms with Crippen LogP contribution in [0.2, 0.25) is 0 Å². The summed E-state index contributed by atoms with van der Waals surface area (Å²) in [5, 5.41) is 21.8. The van der Waals surface area contributed by atoms with E-state index in [-0.39, 0.29) is 17.9 Å². The minimum absolute atomic E-state index is 0.210. The lowest BCUT2D eigenvalue weighted by atomic mass is 9.62. The van der Waals surface area contributed by atoms with Gasteiger partial charge in [0, 0.05) is 19.2 Å². The number of hydrogen-bond donors (Lipinski definition) is 2. The van der Waals surface area contributed by atoms with Crippen molar-refractivity contribution in [3.63, 3.8) is 0 Å². The molecule has 2 N–H and O–H groups in total. The Morgan fingerprint density at radius 1 is 1.44 bits per heavy atom. The summed E-state index contributed by atoms with van der Waals surface area (Å²) in [6.45, 7) is 3.04. The molecule has 3 heteroatoms. The van der Waals surface area contributed by atoms with Crippen LogP contribution >= 0.6 is 0 Å². The van der Waals surface area contributed by atoms with E-state index < -0.39 is 0 Å². The third kappa shape index (κ3) is 2.55. The summed E-state index contributed by atoms with van der Waals surface area (Å²) in [5.41, 5.74) is 0.822. The zero-order chi connectivity index (χ0) is 13.0. The maximum absolute atomic E-state index is 9.41. The SMILES string of the molecule is CC(CO)CNC1CC(C#N)(c2ccccc2)C1. The van der Waals surface area contributed by atoms with E-state index in [0.717, 1.165) is 24.9 Å². The summed E-state index contributed by atoms with van der Waals surface area (Å²) in [5.74, 6) is 0.277. The third-order valence-corrected chi connectivity index (χ3v) is 3.80. The fourth-order valence-corrected chi connectivity index (χ4v) is 2.51. The molecule has 0 saturated heterocycles. The van der Waals surface area contributed by atoms with Crippen LogP contribution in [-0.2, 0) is 5.41 Å². The van der Waals surface area contributed by atoms with E-state index >= 15 is 0 Å². The Morgan fingerprint density at radius 3 is 2.67 bits per heavy atom. The minimum atomic E-state index is -0.304. The van der Waals surface area contributed by atoms with Crippen molar-refractivity contribution in [1.29, 1.82) is 5.26 Å². The molecule has 1 aliphatic rings. The smallest absolute Gasteiger partial charge is 0.0852 e. The van der Waals surface area contributed by atoms with Gasteiger partial charge in [0.25, 0.3) is 0 Å². The van der Waals surface area contributed by atoms with Gasteiger partial charge in [0.2, 0.25) is 0 Å². The molecule has 1 fully saturated rings. The van der Waals surface area contributed by atoms with Gasteiger partial charge in [-0.15, -0.1) is 0 Å². The second-order valence-electron chi connectivity index (χ2n) is 5.36. The van der Waals surface area contributed by atoms with Crippen LogP contribution in [0.1, 0.15) is 25.3 Å². The summed E-state index contributed by atoms with van der Waals surface area (Å²) in [6.07, 6.45) is 1.73. The Labute approximate surface area is 108 Å². The molecule has 1 aromatic rings. The van der Waals surface area contributed by atoms with Gasteiger partial charge in [-0.2, -0.15) is 5.26 Å². The van der Waals surface area contributed by atoms with Crippen molar-refractivity contribution in [3.8, 4) is 6.07 Å². The monoisotopic (exact) mass is 244 g/mol. The zero-order valence-corrected chi connectivity index (χ0v) is 10.8. The van der Waals surface area contributed by atoms with Crippen molar-refractivity contribution in [3.05, 3.63) is 35.9 Å². The highest BCUT2D eigenvalue weighted by Gasteiger charge is 2.45. The number of aliphatic hydroxyl groups excluding tert-OH is 1. The number of hydrogen-bond acceptors (Lipinski definition) is 3. The molecule has 0 aromatic heterocycles. The fraction of sp³-hybridized carbons (Fsp3) is 0.533. The molecule has 0 heterocycles. The molecule has 0 bridgehead atoms. The highest BCUT2D eigenvalue weighted by atomic mass is 16.3. The molecule has 1 unspecified atom stereocenters. The first kappa shape index (κ1) is 13.1. The van der Waals surface area contributed by atoms with Crippen LogP contribution in [0.15, 0.2) is 30.3 Å². The number of rotatable bonds is 5. The van der Waals surface area contributed by atoms with Gasteiger partial charge in [-0.1, -0.05) is 37.3 Å². The normalized spacial score (nSPS) is 28.2. The van der Waals surface area contributed by atoms with Crippen molar-refractivity contribution in [2.45, 2.75) is 31.2 Å². The quantitative estimate of drug-likeness (QED) is 0.831. The van der Waals surface area contributed by atoms with E-state index in [4.69, 9.17) is 5.11 Å². The standard InChI is InChI=1S/C15H20N2O/c1-12(10-18)9-17-14-7-15(8-14,11-16)13-5-3-2-4-6-13/h2-6,12,14,17-18H,7-10H2,1H3. The molecule has 96 valence electrons. The molecule has 0 radical (unpaired) electrons. The molecule has 2 rings (SSSR count). The Bertz CT molecular complexity index is 418. The van der Waals surface area contributed by atoms with Crippen molar-refractivity contribution in [1.82, 2.24) is 5.32 Å². The molecule has 1 aliphatic carbocycles. The first-order valence-corrected chi connectivity index (χ1v) is 6.51. The molecular weight excluding hydrogens is 224 g/mol. The Balaban J connectivity index is 1.91. The third-order valence-electron chi connectivity index (χ3n) is 3.80. The summed E-state index contributed by atoms with van der Waals surface area (Å²) in [7, 11) is 0. The Morgan fingerprint density at radius 2 is 2.11 bits per heavy atom. The topological polar surface area (TPSA) is 56.0 Å². The first-order chi connectivity index (χ1) is 8.70. The second kappa shape index (κ2) is 5.51. The average Bonchev–Trinajstić information content (AvgIpc) is 2.38. The first-order valence-electron chi connectivity index (χ1n) is 6.51. The predicted octanol–water partition coefficient (Wildman–Crippen LogP) is 1.83. The lowest BCUT2D eigenvalue weighted by Crippen LogP contribution is -2.51. The van der Waals surface area contributed by atoms with Crippen molar-refractivity contribution in [2.24, 2.45) is 5.92 Å². The summed E-state index contributed by atoms with van der Waals surface area (Å²) >= 11 is 0.